The Morgan fingerprint density at radius 3 is 2.62 bits per heavy atom. The molecule has 2 saturated carbocycles. The average molecular weight is 184 g/mol. The summed E-state index contributed by atoms with van der Waals surface area (Å²) in [4.78, 5) is 11.4. The van der Waals surface area contributed by atoms with E-state index in [9.17, 15) is 4.79 Å². The molecule has 2 aliphatic rings. The molecule has 74 valence electrons. The first-order chi connectivity index (χ1) is 6.22. The second-order valence-corrected chi connectivity index (χ2v) is 4.40. The second kappa shape index (κ2) is 3.29. The van der Waals surface area contributed by atoms with Gasteiger partial charge in [-0.15, -0.1) is 0 Å². The van der Waals surface area contributed by atoms with Crippen LogP contribution in [0.1, 0.15) is 26.2 Å². The highest BCUT2D eigenvalue weighted by atomic mass is 16.6. The van der Waals surface area contributed by atoms with Gasteiger partial charge in [-0.05, 0) is 37.0 Å². The topological polar surface area (TPSA) is 46.5 Å². The van der Waals surface area contributed by atoms with E-state index in [4.69, 9.17) is 5.11 Å². The molecule has 2 rings (SSSR count). The fourth-order valence-electron chi connectivity index (χ4n) is 3.02. The van der Waals surface area contributed by atoms with E-state index in [0.29, 0.717) is 5.92 Å². The van der Waals surface area contributed by atoms with E-state index in [2.05, 4.69) is 11.7 Å². The number of ether oxygens (including phenoxy) is 1. The van der Waals surface area contributed by atoms with Crippen LogP contribution in [0.25, 0.3) is 0 Å². The van der Waals surface area contributed by atoms with Crippen molar-refractivity contribution in [1.82, 2.24) is 0 Å². The van der Waals surface area contributed by atoms with Gasteiger partial charge in [0.2, 0.25) is 0 Å². The summed E-state index contributed by atoms with van der Waals surface area (Å²) >= 11 is 0. The number of aliphatic hydroxyl groups excluding tert-OH is 1. The molecule has 2 fully saturated rings. The number of esters is 1. The third kappa shape index (κ3) is 1.46. The molecule has 0 aromatic heterocycles. The van der Waals surface area contributed by atoms with Crippen molar-refractivity contribution in [1.29, 1.82) is 0 Å². The number of fused-ring (bicyclic) bond motifs is 2. The van der Waals surface area contributed by atoms with E-state index in [1.54, 1.807) is 0 Å². The molecule has 0 aromatic rings. The number of carbonyl (C=O) groups excluding carboxylic acids is 1. The van der Waals surface area contributed by atoms with Gasteiger partial charge in [0.15, 0.2) is 6.79 Å². The molecule has 2 aliphatic carbocycles. The van der Waals surface area contributed by atoms with Crippen LogP contribution in [-0.2, 0) is 9.53 Å². The van der Waals surface area contributed by atoms with Crippen molar-refractivity contribution in [2.75, 3.05) is 6.79 Å². The van der Waals surface area contributed by atoms with E-state index in [-0.39, 0.29) is 11.9 Å². The molecule has 13 heavy (non-hydrogen) atoms. The van der Waals surface area contributed by atoms with Crippen LogP contribution >= 0.6 is 0 Å². The lowest BCUT2D eigenvalue weighted by Crippen LogP contribution is -2.25. The monoisotopic (exact) mass is 184 g/mol. The Morgan fingerprint density at radius 1 is 1.38 bits per heavy atom. The number of rotatable bonds is 2. The maximum Gasteiger partial charge on any atom is 0.311 e. The maximum absolute atomic E-state index is 11.4. The lowest BCUT2D eigenvalue weighted by atomic mass is 9.83. The predicted molar refractivity (Wildman–Crippen MR) is 46.7 cm³/mol. The quantitative estimate of drug-likeness (QED) is 0.517. The first-order valence-electron chi connectivity index (χ1n) is 5.00. The standard InChI is InChI=1S/C10H16O3/c1-6-2-8-3-7(6)4-9(8)10(12)13-5-11/h6-9,11H,2-5H2,1H3. The number of hydrogen-bond acceptors (Lipinski definition) is 3. The van der Waals surface area contributed by atoms with Crippen molar-refractivity contribution < 1.29 is 14.6 Å². The molecule has 0 saturated heterocycles. The van der Waals surface area contributed by atoms with Crippen molar-refractivity contribution in [3.05, 3.63) is 0 Å². The van der Waals surface area contributed by atoms with Gasteiger partial charge in [-0.3, -0.25) is 4.79 Å². The van der Waals surface area contributed by atoms with E-state index in [1.165, 1.54) is 6.42 Å². The minimum Gasteiger partial charge on any atom is -0.438 e. The van der Waals surface area contributed by atoms with Gasteiger partial charge in [-0.2, -0.15) is 0 Å². The van der Waals surface area contributed by atoms with Crippen molar-refractivity contribution >= 4 is 5.97 Å². The molecule has 0 radical (unpaired) electrons. The van der Waals surface area contributed by atoms with Gasteiger partial charge in [0.1, 0.15) is 0 Å². The molecule has 4 unspecified atom stereocenters. The Bertz CT molecular complexity index is 212. The van der Waals surface area contributed by atoms with Crippen LogP contribution in [0.15, 0.2) is 0 Å². The summed E-state index contributed by atoms with van der Waals surface area (Å²) < 4.78 is 4.63. The number of hydrogen-bond donors (Lipinski definition) is 1. The fourth-order valence-corrected chi connectivity index (χ4v) is 3.02. The Morgan fingerprint density at radius 2 is 2.15 bits per heavy atom. The van der Waals surface area contributed by atoms with Gasteiger partial charge in [0.25, 0.3) is 0 Å². The summed E-state index contributed by atoms with van der Waals surface area (Å²) in [6, 6.07) is 0. The highest BCUT2D eigenvalue weighted by molar-refractivity contribution is 5.73. The summed E-state index contributed by atoms with van der Waals surface area (Å²) in [5.41, 5.74) is 0. The van der Waals surface area contributed by atoms with E-state index in [0.717, 1.165) is 24.7 Å². The van der Waals surface area contributed by atoms with E-state index >= 15 is 0 Å². The van der Waals surface area contributed by atoms with Crippen molar-refractivity contribution in [2.24, 2.45) is 23.7 Å². The van der Waals surface area contributed by atoms with Crippen LogP contribution in [0.2, 0.25) is 0 Å². The summed E-state index contributed by atoms with van der Waals surface area (Å²) in [6.45, 7) is 1.79. The van der Waals surface area contributed by atoms with Gasteiger partial charge >= 0.3 is 5.97 Å². The zero-order valence-electron chi connectivity index (χ0n) is 7.90. The van der Waals surface area contributed by atoms with Gasteiger partial charge in [0, 0.05) is 0 Å². The van der Waals surface area contributed by atoms with Gasteiger partial charge in [0.05, 0.1) is 5.92 Å². The highest BCUT2D eigenvalue weighted by Crippen LogP contribution is 2.51. The molecule has 3 heteroatoms. The zero-order valence-corrected chi connectivity index (χ0v) is 7.90. The lowest BCUT2D eigenvalue weighted by molar-refractivity contribution is -0.158. The minimum absolute atomic E-state index is 0.0772. The maximum atomic E-state index is 11.4. The third-order valence-electron chi connectivity index (χ3n) is 3.72. The third-order valence-corrected chi connectivity index (χ3v) is 3.72. The first-order valence-corrected chi connectivity index (χ1v) is 5.00. The Kier molecular flexibility index (Phi) is 2.28. The van der Waals surface area contributed by atoms with Crippen LogP contribution in [0.3, 0.4) is 0 Å². The molecule has 4 atom stereocenters. The van der Waals surface area contributed by atoms with Crippen LogP contribution < -0.4 is 0 Å². The predicted octanol–water partition coefficient (Wildman–Crippen LogP) is 1.16. The van der Waals surface area contributed by atoms with Crippen LogP contribution in [0, 0.1) is 23.7 Å². The van der Waals surface area contributed by atoms with E-state index < -0.39 is 6.79 Å². The van der Waals surface area contributed by atoms with Crippen molar-refractivity contribution in [3.63, 3.8) is 0 Å². The summed E-state index contributed by atoms with van der Waals surface area (Å²) in [6.07, 6.45) is 3.33. The minimum atomic E-state index is -0.470. The second-order valence-electron chi connectivity index (χ2n) is 4.40. The SMILES string of the molecule is CC1CC2CC1CC2C(=O)OCO. The zero-order chi connectivity index (χ0) is 9.42. The van der Waals surface area contributed by atoms with Crippen molar-refractivity contribution in [2.45, 2.75) is 26.2 Å². The summed E-state index contributed by atoms with van der Waals surface area (Å²) in [5, 5.41) is 8.48. The molecule has 0 amide bonds. The van der Waals surface area contributed by atoms with Crippen LogP contribution in [-0.4, -0.2) is 17.9 Å². The number of carbonyl (C=O) groups is 1. The molecule has 0 aromatic carbocycles. The van der Waals surface area contributed by atoms with Crippen LogP contribution in [0.5, 0.6) is 0 Å². The van der Waals surface area contributed by atoms with Crippen molar-refractivity contribution in [3.8, 4) is 0 Å². The summed E-state index contributed by atoms with van der Waals surface area (Å²) in [7, 11) is 0. The number of aliphatic hydroxyl groups is 1. The normalized spacial score (nSPS) is 42.3. The Balaban J connectivity index is 1.95. The largest absolute Gasteiger partial charge is 0.438 e. The summed E-state index contributed by atoms with van der Waals surface area (Å²) in [5.74, 6) is 1.92. The highest BCUT2D eigenvalue weighted by Gasteiger charge is 2.47. The van der Waals surface area contributed by atoms with Gasteiger partial charge < -0.3 is 9.84 Å². The van der Waals surface area contributed by atoms with Crippen LogP contribution in [0.4, 0.5) is 0 Å². The lowest BCUT2D eigenvalue weighted by Gasteiger charge is -2.23. The molecule has 0 aliphatic heterocycles. The fraction of sp³-hybridized carbons (Fsp3) is 0.900. The molecular weight excluding hydrogens is 168 g/mol. The molecule has 3 nitrogen and oxygen atoms in total. The van der Waals surface area contributed by atoms with E-state index in [1.807, 2.05) is 0 Å². The van der Waals surface area contributed by atoms with Gasteiger partial charge in [-0.1, -0.05) is 6.92 Å². The first kappa shape index (κ1) is 9.00. The smallest absolute Gasteiger partial charge is 0.311 e. The molecule has 0 spiro atoms. The molecular formula is C10H16O3. The Labute approximate surface area is 78.1 Å². The molecule has 1 N–H and O–H groups in total. The molecule has 2 bridgehead atoms. The van der Waals surface area contributed by atoms with Gasteiger partial charge in [-0.25, -0.2) is 0 Å². The molecule has 0 heterocycles. The average Bonchev–Trinajstić information content (AvgIpc) is 2.62. The Hall–Kier alpha value is -0.570.